The maximum Gasteiger partial charge on any atom is 0.270 e. The fraction of sp³-hybridized carbons (Fsp3) is 0.0870. The largest absolute Gasteiger partial charge is 0.318 e. The third kappa shape index (κ3) is 3.83. The molecule has 32 heavy (non-hydrogen) atoms. The molecule has 3 aromatic rings. The Morgan fingerprint density at radius 2 is 1.66 bits per heavy atom. The van der Waals surface area contributed by atoms with Gasteiger partial charge in [0.05, 0.1) is 10.7 Å². The van der Waals surface area contributed by atoms with E-state index in [9.17, 15) is 18.4 Å². The van der Waals surface area contributed by atoms with Crippen LogP contribution in [0.1, 0.15) is 17.0 Å². The van der Waals surface area contributed by atoms with Crippen LogP contribution < -0.4 is 10.2 Å². The number of nitrogens with one attached hydrogen (secondary N) is 1. The predicted molar refractivity (Wildman–Crippen MR) is 123 cm³/mol. The normalized spacial score (nSPS) is 15.5. The van der Waals surface area contributed by atoms with E-state index < -0.39 is 17.6 Å². The molecule has 0 bridgehead atoms. The Kier molecular flexibility index (Phi) is 5.66. The number of carbonyl (C=O) groups excluding carboxylic acids is 2. The quantitative estimate of drug-likeness (QED) is 0.337. The van der Waals surface area contributed by atoms with Crippen LogP contribution in [0.5, 0.6) is 0 Å². The van der Waals surface area contributed by atoms with E-state index in [1.165, 1.54) is 30.3 Å². The third-order valence-electron chi connectivity index (χ3n) is 5.12. The Balaban J connectivity index is 1.76. The van der Waals surface area contributed by atoms with E-state index in [2.05, 4.69) is 5.32 Å². The van der Waals surface area contributed by atoms with Gasteiger partial charge in [0, 0.05) is 17.1 Å². The lowest BCUT2D eigenvalue weighted by atomic mass is 10.1. The molecule has 4 rings (SSSR count). The molecule has 1 saturated heterocycles. The molecule has 0 saturated carbocycles. The van der Waals surface area contributed by atoms with Gasteiger partial charge < -0.3 is 4.57 Å². The SMILES string of the molecule is Cc1cc(/C=C2\C(=O)NC(=S)N(c3ccc(F)c(Cl)c3)C2=O)c(C)n1-c1ccc(F)cc1. The molecule has 0 spiro atoms. The van der Waals surface area contributed by atoms with Crippen LogP contribution in [0.4, 0.5) is 14.5 Å². The summed E-state index contributed by atoms with van der Waals surface area (Å²) >= 11 is 11.0. The molecule has 5 nitrogen and oxygen atoms in total. The van der Waals surface area contributed by atoms with Crippen molar-refractivity contribution in [1.82, 2.24) is 9.88 Å². The second kappa shape index (κ2) is 8.29. The van der Waals surface area contributed by atoms with E-state index in [0.717, 1.165) is 28.0 Å². The van der Waals surface area contributed by atoms with E-state index in [-0.39, 0.29) is 27.2 Å². The predicted octanol–water partition coefficient (Wildman–Crippen LogP) is 4.86. The fourth-order valence-electron chi connectivity index (χ4n) is 3.59. The summed E-state index contributed by atoms with van der Waals surface area (Å²) in [5, 5.41) is 2.18. The lowest BCUT2D eigenvalue weighted by Crippen LogP contribution is -2.54. The second-order valence-electron chi connectivity index (χ2n) is 7.19. The highest BCUT2D eigenvalue weighted by Crippen LogP contribution is 2.28. The standard InChI is InChI=1S/C23H16ClF2N3O2S/c1-12-9-14(13(2)28(12)16-5-3-15(25)4-6-16)10-18-21(30)27-23(32)29(22(18)31)17-7-8-20(26)19(24)11-17/h3-11H,1-2H3,(H,27,30,32)/b18-10+. The van der Waals surface area contributed by atoms with Crippen molar-refractivity contribution in [3.05, 3.63) is 87.7 Å². The number of benzene rings is 2. The maximum absolute atomic E-state index is 13.6. The first-order chi connectivity index (χ1) is 15.2. The molecule has 2 amide bonds. The van der Waals surface area contributed by atoms with Crippen molar-refractivity contribution in [2.24, 2.45) is 0 Å². The number of carbonyl (C=O) groups is 2. The Morgan fingerprint density at radius 1 is 1.00 bits per heavy atom. The highest BCUT2D eigenvalue weighted by Gasteiger charge is 2.35. The van der Waals surface area contributed by atoms with E-state index in [1.807, 2.05) is 24.5 Å². The second-order valence-corrected chi connectivity index (χ2v) is 7.99. The number of thiocarbonyl (C=S) groups is 1. The first kappa shape index (κ1) is 21.9. The summed E-state index contributed by atoms with van der Waals surface area (Å²) in [5.41, 5.74) is 3.06. The summed E-state index contributed by atoms with van der Waals surface area (Å²) in [7, 11) is 0. The van der Waals surface area contributed by atoms with Crippen molar-refractivity contribution in [1.29, 1.82) is 0 Å². The van der Waals surface area contributed by atoms with Gasteiger partial charge in [-0.05, 0) is 86.2 Å². The molecule has 2 aromatic carbocycles. The summed E-state index contributed by atoms with van der Waals surface area (Å²) in [4.78, 5) is 26.9. The number of hydrogen-bond donors (Lipinski definition) is 1. The average Bonchev–Trinajstić information content (AvgIpc) is 3.01. The van der Waals surface area contributed by atoms with Gasteiger partial charge in [-0.25, -0.2) is 8.78 Å². The number of aryl methyl sites for hydroxylation is 1. The summed E-state index contributed by atoms with van der Waals surface area (Å²) in [6.45, 7) is 3.69. The van der Waals surface area contributed by atoms with E-state index >= 15 is 0 Å². The molecule has 0 aliphatic carbocycles. The first-order valence-corrected chi connectivity index (χ1v) is 10.3. The number of rotatable bonds is 3. The first-order valence-electron chi connectivity index (χ1n) is 9.49. The highest BCUT2D eigenvalue weighted by atomic mass is 35.5. The molecule has 1 aliphatic heterocycles. The zero-order valence-electron chi connectivity index (χ0n) is 16.9. The highest BCUT2D eigenvalue weighted by molar-refractivity contribution is 7.80. The summed E-state index contributed by atoms with van der Waals surface area (Å²) < 4.78 is 28.8. The van der Waals surface area contributed by atoms with E-state index in [4.69, 9.17) is 23.8 Å². The molecular formula is C23H16ClF2N3O2S. The van der Waals surface area contributed by atoms with Crippen molar-refractivity contribution in [2.45, 2.75) is 13.8 Å². The molecule has 1 N–H and O–H groups in total. The monoisotopic (exact) mass is 471 g/mol. The molecule has 0 radical (unpaired) electrons. The molecule has 2 heterocycles. The summed E-state index contributed by atoms with van der Waals surface area (Å²) in [5.74, 6) is -2.29. The number of halogens is 3. The molecule has 1 aromatic heterocycles. The number of amides is 2. The third-order valence-corrected chi connectivity index (χ3v) is 5.69. The molecule has 1 aliphatic rings. The number of aromatic nitrogens is 1. The van der Waals surface area contributed by atoms with Crippen LogP contribution in [0.2, 0.25) is 5.02 Å². The van der Waals surface area contributed by atoms with Crippen LogP contribution in [0, 0.1) is 25.5 Å². The lowest BCUT2D eigenvalue weighted by Gasteiger charge is -2.29. The molecule has 0 unspecified atom stereocenters. The van der Waals surface area contributed by atoms with Gasteiger partial charge in [0.1, 0.15) is 17.2 Å². The maximum atomic E-state index is 13.6. The van der Waals surface area contributed by atoms with Crippen LogP contribution >= 0.6 is 23.8 Å². The minimum absolute atomic E-state index is 0.128. The van der Waals surface area contributed by atoms with Crippen molar-refractivity contribution < 1.29 is 18.4 Å². The summed E-state index contributed by atoms with van der Waals surface area (Å²) in [6, 6.07) is 11.5. The van der Waals surface area contributed by atoms with Crippen LogP contribution in [-0.2, 0) is 9.59 Å². The lowest BCUT2D eigenvalue weighted by molar-refractivity contribution is -0.122. The van der Waals surface area contributed by atoms with E-state index in [0.29, 0.717) is 5.56 Å². The van der Waals surface area contributed by atoms with Gasteiger partial charge in [0.2, 0.25) is 0 Å². The van der Waals surface area contributed by atoms with Gasteiger partial charge >= 0.3 is 0 Å². The van der Waals surface area contributed by atoms with Gasteiger partial charge in [-0.2, -0.15) is 0 Å². The fourth-order valence-corrected chi connectivity index (χ4v) is 4.05. The van der Waals surface area contributed by atoms with Gasteiger partial charge in [0.25, 0.3) is 11.8 Å². The smallest absolute Gasteiger partial charge is 0.270 e. The average molecular weight is 472 g/mol. The van der Waals surface area contributed by atoms with Crippen LogP contribution in [0.3, 0.4) is 0 Å². The Bertz CT molecular complexity index is 1320. The van der Waals surface area contributed by atoms with Crippen LogP contribution in [0.25, 0.3) is 11.8 Å². The number of hydrogen-bond acceptors (Lipinski definition) is 3. The van der Waals surface area contributed by atoms with Gasteiger partial charge in [-0.3, -0.25) is 19.8 Å². The topological polar surface area (TPSA) is 54.3 Å². The van der Waals surface area contributed by atoms with Crippen molar-refractivity contribution >= 4 is 52.5 Å². The Morgan fingerprint density at radius 3 is 2.31 bits per heavy atom. The van der Waals surface area contributed by atoms with Crippen molar-refractivity contribution in [3.63, 3.8) is 0 Å². The number of nitrogens with zero attached hydrogens (tertiary/aromatic N) is 2. The minimum atomic E-state index is -0.659. The van der Waals surface area contributed by atoms with Crippen LogP contribution in [0.15, 0.2) is 54.1 Å². The van der Waals surface area contributed by atoms with Crippen LogP contribution in [-0.4, -0.2) is 21.5 Å². The molecular weight excluding hydrogens is 456 g/mol. The van der Waals surface area contributed by atoms with Crippen molar-refractivity contribution in [3.8, 4) is 5.69 Å². The zero-order valence-corrected chi connectivity index (χ0v) is 18.5. The Hall–Kier alpha value is -3.36. The zero-order chi connectivity index (χ0) is 23.2. The molecule has 1 fully saturated rings. The number of anilines is 1. The van der Waals surface area contributed by atoms with Gasteiger partial charge in [-0.1, -0.05) is 11.6 Å². The summed E-state index contributed by atoms with van der Waals surface area (Å²) in [6.07, 6.45) is 1.47. The molecule has 9 heteroatoms. The van der Waals surface area contributed by atoms with Crippen molar-refractivity contribution in [2.75, 3.05) is 4.90 Å². The molecule has 0 atom stereocenters. The minimum Gasteiger partial charge on any atom is -0.318 e. The van der Waals surface area contributed by atoms with E-state index in [1.54, 1.807) is 12.1 Å². The Labute approximate surface area is 192 Å². The van der Waals surface area contributed by atoms with Gasteiger partial charge in [-0.15, -0.1) is 0 Å². The molecule has 162 valence electrons. The van der Waals surface area contributed by atoms with Gasteiger partial charge in [0.15, 0.2) is 5.11 Å².